The maximum atomic E-state index is 5.60. The van der Waals surface area contributed by atoms with Crippen molar-refractivity contribution < 1.29 is 4.74 Å². The predicted molar refractivity (Wildman–Crippen MR) is 74.7 cm³/mol. The molecule has 0 spiro atoms. The SMILES string of the molecule is COC(C)(C)CC(Cc1ccc(Br)cc1)NN. The zero-order valence-electron chi connectivity index (χ0n) is 10.7. The summed E-state index contributed by atoms with van der Waals surface area (Å²) in [6.45, 7) is 4.14. The van der Waals surface area contributed by atoms with Crippen molar-refractivity contribution in [1.82, 2.24) is 5.43 Å². The highest BCUT2D eigenvalue weighted by atomic mass is 79.9. The van der Waals surface area contributed by atoms with Gasteiger partial charge in [-0.25, -0.2) is 0 Å². The summed E-state index contributed by atoms with van der Waals surface area (Å²) in [6, 6.07) is 8.52. The second-order valence-electron chi connectivity index (χ2n) is 4.86. The standard InChI is InChI=1S/C13H21BrN2O/c1-13(2,17-3)9-12(16-15)8-10-4-6-11(14)7-5-10/h4-7,12,16H,8-9,15H2,1-3H3. The molecule has 0 radical (unpaired) electrons. The first-order chi connectivity index (χ1) is 7.96. The van der Waals surface area contributed by atoms with Gasteiger partial charge in [0.15, 0.2) is 0 Å². The average molecular weight is 301 g/mol. The van der Waals surface area contributed by atoms with E-state index in [1.165, 1.54) is 5.56 Å². The first kappa shape index (κ1) is 14.6. The molecule has 1 unspecified atom stereocenters. The summed E-state index contributed by atoms with van der Waals surface area (Å²) in [6.07, 6.45) is 1.77. The van der Waals surface area contributed by atoms with Crippen molar-refractivity contribution in [3.63, 3.8) is 0 Å². The fourth-order valence-electron chi connectivity index (χ4n) is 1.77. The van der Waals surface area contributed by atoms with Crippen LogP contribution in [-0.2, 0) is 11.2 Å². The van der Waals surface area contributed by atoms with Crippen LogP contribution in [0.4, 0.5) is 0 Å². The highest BCUT2D eigenvalue weighted by Crippen LogP contribution is 2.18. The van der Waals surface area contributed by atoms with Gasteiger partial charge in [0, 0.05) is 17.6 Å². The largest absolute Gasteiger partial charge is 0.379 e. The maximum absolute atomic E-state index is 5.60. The van der Waals surface area contributed by atoms with E-state index >= 15 is 0 Å². The van der Waals surface area contributed by atoms with Crippen molar-refractivity contribution >= 4 is 15.9 Å². The Kier molecular flexibility index (Phi) is 5.59. The molecular weight excluding hydrogens is 280 g/mol. The predicted octanol–water partition coefficient (Wildman–Crippen LogP) is 2.64. The number of methoxy groups -OCH3 is 1. The summed E-state index contributed by atoms with van der Waals surface area (Å²) in [4.78, 5) is 0. The third-order valence-electron chi connectivity index (χ3n) is 2.92. The maximum Gasteiger partial charge on any atom is 0.0638 e. The molecule has 3 N–H and O–H groups in total. The zero-order chi connectivity index (χ0) is 12.9. The number of hydrogen-bond acceptors (Lipinski definition) is 3. The van der Waals surface area contributed by atoms with E-state index in [-0.39, 0.29) is 11.6 Å². The van der Waals surface area contributed by atoms with Gasteiger partial charge in [-0.1, -0.05) is 28.1 Å². The lowest BCUT2D eigenvalue weighted by atomic mass is 9.94. The Hall–Kier alpha value is -0.420. The summed E-state index contributed by atoms with van der Waals surface area (Å²) >= 11 is 3.43. The molecule has 0 aromatic heterocycles. The van der Waals surface area contributed by atoms with Crippen molar-refractivity contribution in [2.75, 3.05) is 7.11 Å². The van der Waals surface area contributed by atoms with Gasteiger partial charge in [0.25, 0.3) is 0 Å². The number of ether oxygens (including phenoxy) is 1. The molecule has 17 heavy (non-hydrogen) atoms. The van der Waals surface area contributed by atoms with E-state index in [2.05, 4.69) is 47.3 Å². The average Bonchev–Trinajstić information content (AvgIpc) is 2.31. The third-order valence-corrected chi connectivity index (χ3v) is 3.45. The van der Waals surface area contributed by atoms with E-state index in [4.69, 9.17) is 10.6 Å². The van der Waals surface area contributed by atoms with Crippen LogP contribution >= 0.6 is 15.9 Å². The minimum Gasteiger partial charge on any atom is -0.379 e. The number of hydrogen-bond donors (Lipinski definition) is 2. The van der Waals surface area contributed by atoms with Gasteiger partial charge < -0.3 is 4.74 Å². The van der Waals surface area contributed by atoms with Gasteiger partial charge in [0.1, 0.15) is 0 Å². The molecular formula is C13H21BrN2O. The molecule has 0 aliphatic heterocycles. The van der Waals surface area contributed by atoms with Crippen molar-refractivity contribution in [3.05, 3.63) is 34.3 Å². The van der Waals surface area contributed by atoms with Gasteiger partial charge in [-0.3, -0.25) is 11.3 Å². The highest BCUT2D eigenvalue weighted by molar-refractivity contribution is 9.10. The van der Waals surface area contributed by atoms with Crippen LogP contribution in [0.25, 0.3) is 0 Å². The molecule has 0 amide bonds. The lowest BCUT2D eigenvalue weighted by molar-refractivity contribution is 0.00711. The monoisotopic (exact) mass is 300 g/mol. The highest BCUT2D eigenvalue weighted by Gasteiger charge is 2.22. The normalized spacial score (nSPS) is 13.7. The van der Waals surface area contributed by atoms with Gasteiger partial charge in [-0.15, -0.1) is 0 Å². The molecule has 1 aromatic carbocycles. The van der Waals surface area contributed by atoms with E-state index in [0.29, 0.717) is 0 Å². The van der Waals surface area contributed by atoms with E-state index < -0.39 is 0 Å². The Morgan fingerprint density at radius 2 is 1.94 bits per heavy atom. The molecule has 0 saturated carbocycles. The van der Waals surface area contributed by atoms with Crippen molar-refractivity contribution in [3.8, 4) is 0 Å². The fraction of sp³-hybridized carbons (Fsp3) is 0.538. The van der Waals surface area contributed by atoms with Crippen LogP contribution in [0.5, 0.6) is 0 Å². The summed E-state index contributed by atoms with van der Waals surface area (Å²) in [5.74, 6) is 5.60. The Bertz CT molecular complexity index is 338. The smallest absolute Gasteiger partial charge is 0.0638 e. The number of hydrazine groups is 1. The molecule has 3 nitrogen and oxygen atoms in total. The molecule has 1 rings (SSSR count). The Balaban J connectivity index is 2.61. The lowest BCUT2D eigenvalue weighted by Gasteiger charge is -2.28. The van der Waals surface area contributed by atoms with E-state index in [1.807, 2.05) is 12.1 Å². The van der Waals surface area contributed by atoms with E-state index in [9.17, 15) is 0 Å². The summed E-state index contributed by atoms with van der Waals surface area (Å²) in [5, 5.41) is 0. The fourth-order valence-corrected chi connectivity index (χ4v) is 2.04. The molecule has 0 aliphatic rings. The van der Waals surface area contributed by atoms with Crippen molar-refractivity contribution in [2.24, 2.45) is 5.84 Å². The van der Waals surface area contributed by atoms with Crippen LogP contribution in [0.15, 0.2) is 28.7 Å². The van der Waals surface area contributed by atoms with Gasteiger partial charge in [0.2, 0.25) is 0 Å². The topological polar surface area (TPSA) is 47.3 Å². The van der Waals surface area contributed by atoms with Crippen LogP contribution in [-0.4, -0.2) is 18.8 Å². The number of nitrogens with one attached hydrogen (secondary N) is 1. The molecule has 4 heteroatoms. The van der Waals surface area contributed by atoms with Gasteiger partial charge in [-0.05, 0) is 44.4 Å². The number of nitrogens with two attached hydrogens (primary N) is 1. The van der Waals surface area contributed by atoms with Crippen molar-refractivity contribution in [2.45, 2.75) is 38.3 Å². The molecule has 0 saturated heterocycles. The van der Waals surface area contributed by atoms with Crippen LogP contribution < -0.4 is 11.3 Å². The molecule has 1 atom stereocenters. The van der Waals surface area contributed by atoms with Crippen LogP contribution in [0.1, 0.15) is 25.8 Å². The Labute approximate surface area is 112 Å². The summed E-state index contributed by atoms with van der Waals surface area (Å²) in [7, 11) is 1.73. The molecule has 0 aliphatic carbocycles. The number of benzene rings is 1. The molecule has 1 aromatic rings. The van der Waals surface area contributed by atoms with Gasteiger partial charge >= 0.3 is 0 Å². The quantitative estimate of drug-likeness (QED) is 0.627. The molecule has 0 fully saturated rings. The molecule has 0 heterocycles. The van der Waals surface area contributed by atoms with Crippen LogP contribution in [0.2, 0.25) is 0 Å². The minimum absolute atomic E-state index is 0.160. The second kappa shape index (κ2) is 6.50. The lowest BCUT2D eigenvalue weighted by Crippen LogP contribution is -2.42. The van der Waals surface area contributed by atoms with Crippen molar-refractivity contribution in [1.29, 1.82) is 0 Å². The van der Waals surface area contributed by atoms with E-state index in [1.54, 1.807) is 7.11 Å². The molecule has 0 bridgehead atoms. The van der Waals surface area contributed by atoms with Gasteiger partial charge in [-0.2, -0.15) is 0 Å². The zero-order valence-corrected chi connectivity index (χ0v) is 12.3. The number of rotatable bonds is 6. The third kappa shape index (κ3) is 5.17. The van der Waals surface area contributed by atoms with Crippen LogP contribution in [0.3, 0.4) is 0 Å². The molecule has 96 valence electrons. The summed E-state index contributed by atoms with van der Waals surface area (Å²) < 4.78 is 6.52. The number of halogens is 1. The summed E-state index contributed by atoms with van der Waals surface area (Å²) in [5.41, 5.74) is 3.97. The van der Waals surface area contributed by atoms with Gasteiger partial charge in [0.05, 0.1) is 5.60 Å². The Morgan fingerprint density at radius 3 is 2.41 bits per heavy atom. The second-order valence-corrected chi connectivity index (χ2v) is 5.78. The Morgan fingerprint density at radius 1 is 1.35 bits per heavy atom. The van der Waals surface area contributed by atoms with E-state index in [0.717, 1.165) is 17.3 Å². The first-order valence-corrected chi connectivity index (χ1v) is 6.52. The van der Waals surface area contributed by atoms with Crippen LogP contribution in [0, 0.1) is 0 Å². The minimum atomic E-state index is -0.160. The first-order valence-electron chi connectivity index (χ1n) is 5.72.